The minimum atomic E-state index is -1.24. The van der Waals surface area contributed by atoms with Crippen molar-refractivity contribution in [1.82, 2.24) is 0 Å². The maximum atomic E-state index is 13.8. The molecule has 0 spiro atoms. The summed E-state index contributed by atoms with van der Waals surface area (Å²) < 4.78 is 26.1. The molecule has 1 aliphatic rings. The molecule has 0 bridgehead atoms. The van der Waals surface area contributed by atoms with Crippen LogP contribution in [0.15, 0.2) is 60.2 Å². The molecular formula is C30H44F2O. The quantitative estimate of drug-likeness (QED) is 0.269. The molecule has 1 aromatic carbocycles. The van der Waals surface area contributed by atoms with Crippen LogP contribution in [0.3, 0.4) is 0 Å². The number of benzene rings is 1. The van der Waals surface area contributed by atoms with Crippen LogP contribution in [0.2, 0.25) is 0 Å². The Balaban J connectivity index is 0.000000568. The summed E-state index contributed by atoms with van der Waals surface area (Å²) in [6, 6.07) is 6.70. The lowest BCUT2D eigenvalue weighted by molar-refractivity contribution is -0.124. The summed E-state index contributed by atoms with van der Waals surface area (Å²) in [6.45, 7) is 10.2. The molecular weight excluding hydrogens is 414 g/mol. The number of carbonyl (C=O) groups is 1. The van der Waals surface area contributed by atoms with Gasteiger partial charge in [0.1, 0.15) is 5.82 Å². The zero-order chi connectivity index (χ0) is 24.7. The third-order valence-corrected chi connectivity index (χ3v) is 6.64. The Morgan fingerprint density at radius 1 is 1.21 bits per heavy atom. The molecule has 1 saturated carbocycles. The van der Waals surface area contributed by atoms with Gasteiger partial charge in [-0.15, -0.1) is 0 Å². The summed E-state index contributed by atoms with van der Waals surface area (Å²) in [4.78, 5) is 11.9. The second kappa shape index (κ2) is 15.7. The van der Waals surface area contributed by atoms with Crippen LogP contribution in [0.4, 0.5) is 8.78 Å². The molecule has 1 fully saturated rings. The molecule has 0 radical (unpaired) electrons. The van der Waals surface area contributed by atoms with E-state index in [2.05, 4.69) is 51.2 Å². The van der Waals surface area contributed by atoms with Crippen LogP contribution in [-0.4, -0.2) is 12.0 Å². The number of hydrogen-bond acceptors (Lipinski definition) is 1. The molecule has 33 heavy (non-hydrogen) atoms. The molecule has 3 atom stereocenters. The fourth-order valence-corrected chi connectivity index (χ4v) is 4.40. The highest BCUT2D eigenvalue weighted by molar-refractivity contribution is 5.82. The van der Waals surface area contributed by atoms with Crippen molar-refractivity contribution < 1.29 is 13.6 Å². The van der Waals surface area contributed by atoms with E-state index >= 15 is 0 Å². The van der Waals surface area contributed by atoms with Crippen LogP contribution in [-0.2, 0) is 4.79 Å². The van der Waals surface area contributed by atoms with Crippen molar-refractivity contribution in [3.63, 3.8) is 0 Å². The van der Waals surface area contributed by atoms with E-state index in [1.54, 1.807) is 19.1 Å². The zero-order valence-electron chi connectivity index (χ0n) is 21.4. The highest BCUT2D eigenvalue weighted by Gasteiger charge is 2.53. The maximum Gasteiger partial charge on any atom is 0.166 e. The molecule has 1 aliphatic carbocycles. The van der Waals surface area contributed by atoms with Crippen LogP contribution < -0.4 is 0 Å². The number of rotatable bonds is 13. The van der Waals surface area contributed by atoms with Gasteiger partial charge in [0.05, 0.1) is 0 Å². The van der Waals surface area contributed by atoms with Crippen molar-refractivity contribution in [3.8, 4) is 0 Å². The SMILES string of the molecule is C\C=C/C(=C\C=C\CC)C1(CC)CC1CCCC(=O)C(F)CCCC.Cc1ccccc1F. The molecule has 184 valence electrons. The Morgan fingerprint density at radius 2 is 1.94 bits per heavy atom. The molecule has 1 aromatic rings. The predicted octanol–water partition coefficient (Wildman–Crippen LogP) is 9.27. The molecule has 0 aliphatic heterocycles. The van der Waals surface area contributed by atoms with Gasteiger partial charge in [0.2, 0.25) is 0 Å². The number of aryl methyl sites for hydroxylation is 1. The van der Waals surface area contributed by atoms with Gasteiger partial charge in [-0.3, -0.25) is 4.79 Å². The number of Topliss-reactive ketones (excluding diaryl/α,β-unsaturated/α-hetero) is 1. The maximum absolute atomic E-state index is 13.8. The molecule has 0 amide bonds. The third kappa shape index (κ3) is 9.78. The average Bonchev–Trinajstić information content (AvgIpc) is 3.53. The first-order valence-corrected chi connectivity index (χ1v) is 12.7. The Hall–Kier alpha value is -2.03. The van der Waals surface area contributed by atoms with Gasteiger partial charge in [-0.2, -0.15) is 0 Å². The number of halogens is 2. The normalized spacial score (nSPS) is 21.2. The van der Waals surface area contributed by atoms with E-state index in [1.807, 2.05) is 13.0 Å². The van der Waals surface area contributed by atoms with Crippen LogP contribution in [0.25, 0.3) is 0 Å². The average molecular weight is 459 g/mol. The Bertz CT molecular complexity index is 771. The Labute approximate surface area is 201 Å². The summed E-state index contributed by atoms with van der Waals surface area (Å²) in [5.74, 6) is 0.315. The number of unbranched alkanes of at least 4 members (excludes halogenated alkanes) is 1. The number of allylic oxidation sites excluding steroid dienone is 6. The second-order valence-corrected chi connectivity index (χ2v) is 9.09. The first kappa shape index (κ1) is 29.0. The molecule has 0 N–H and O–H groups in total. The van der Waals surface area contributed by atoms with Crippen molar-refractivity contribution in [2.75, 3.05) is 0 Å². The van der Waals surface area contributed by atoms with Crippen molar-refractivity contribution in [2.45, 2.75) is 98.6 Å². The summed E-state index contributed by atoms with van der Waals surface area (Å²) in [6.07, 6.45) is 17.5. The van der Waals surface area contributed by atoms with E-state index < -0.39 is 6.17 Å². The lowest BCUT2D eigenvalue weighted by atomic mass is 9.87. The van der Waals surface area contributed by atoms with Gasteiger partial charge in [0.25, 0.3) is 0 Å². The lowest BCUT2D eigenvalue weighted by Crippen LogP contribution is -2.15. The van der Waals surface area contributed by atoms with E-state index in [9.17, 15) is 13.6 Å². The first-order valence-electron chi connectivity index (χ1n) is 12.7. The van der Waals surface area contributed by atoms with Gasteiger partial charge < -0.3 is 0 Å². The van der Waals surface area contributed by atoms with Crippen LogP contribution in [0.1, 0.15) is 91.0 Å². The van der Waals surface area contributed by atoms with Gasteiger partial charge in [0, 0.05) is 6.42 Å². The predicted molar refractivity (Wildman–Crippen MR) is 138 cm³/mol. The summed E-state index contributed by atoms with van der Waals surface area (Å²) in [5, 5.41) is 0. The van der Waals surface area contributed by atoms with E-state index in [-0.39, 0.29) is 17.0 Å². The van der Waals surface area contributed by atoms with Gasteiger partial charge in [-0.1, -0.05) is 82.2 Å². The number of ketones is 1. The fourth-order valence-electron chi connectivity index (χ4n) is 4.40. The molecule has 0 aromatic heterocycles. The van der Waals surface area contributed by atoms with Crippen LogP contribution in [0.5, 0.6) is 0 Å². The second-order valence-electron chi connectivity index (χ2n) is 9.09. The van der Waals surface area contributed by atoms with E-state index in [0.717, 1.165) is 38.5 Å². The minimum absolute atomic E-state index is 0.132. The Kier molecular flexibility index (Phi) is 13.8. The smallest absolute Gasteiger partial charge is 0.166 e. The minimum Gasteiger partial charge on any atom is -0.296 e. The third-order valence-electron chi connectivity index (χ3n) is 6.64. The van der Waals surface area contributed by atoms with Crippen molar-refractivity contribution in [2.24, 2.45) is 11.3 Å². The molecule has 3 heteroatoms. The topological polar surface area (TPSA) is 17.1 Å². The molecule has 0 saturated heterocycles. The van der Waals surface area contributed by atoms with Crippen LogP contribution >= 0.6 is 0 Å². The van der Waals surface area contributed by atoms with Gasteiger partial charge in [0.15, 0.2) is 12.0 Å². The summed E-state index contributed by atoms with van der Waals surface area (Å²) in [7, 11) is 0. The number of alkyl halides is 1. The molecule has 2 rings (SSSR count). The molecule has 3 unspecified atom stereocenters. The van der Waals surface area contributed by atoms with Crippen molar-refractivity contribution >= 4 is 5.78 Å². The lowest BCUT2D eigenvalue weighted by Gasteiger charge is -2.17. The Morgan fingerprint density at radius 3 is 2.48 bits per heavy atom. The number of carbonyl (C=O) groups excluding carboxylic acids is 1. The monoisotopic (exact) mass is 458 g/mol. The fraction of sp³-hybridized carbons (Fsp3) is 0.567. The van der Waals surface area contributed by atoms with Crippen molar-refractivity contribution in [1.29, 1.82) is 0 Å². The van der Waals surface area contributed by atoms with Crippen LogP contribution in [0, 0.1) is 24.1 Å². The number of hydrogen-bond donors (Lipinski definition) is 0. The summed E-state index contributed by atoms with van der Waals surface area (Å²) >= 11 is 0. The van der Waals surface area contributed by atoms with E-state index in [4.69, 9.17) is 0 Å². The largest absolute Gasteiger partial charge is 0.296 e. The molecule has 0 heterocycles. The van der Waals surface area contributed by atoms with Gasteiger partial charge in [-0.25, -0.2) is 8.78 Å². The van der Waals surface area contributed by atoms with E-state index in [1.165, 1.54) is 18.1 Å². The van der Waals surface area contributed by atoms with Gasteiger partial charge >= 0.3 is 0 Å². The molecule has 1 nitrogen and oxygen atoms in total. The highest BCUT2D eigenvalue weighted by Crippen LogP contribution is 2.62. The van der Waals surface area contributed by atoms with E-state index in [0.29, 0.717) is 24.3 Å². The van der Waals surface area contributed by atoms with Crippen molar-refractivity contribution in [3.05, 3.63) is 71.6 Å². The highest BCUT2D eigenvalue weighted by atomic mass is 19.1. The summed E-state index contributed by atoms with van der Waals surface area (Å²) in [5.41, 5.74) is 2.38. The van der Waals surface area contributed by atoms with Gasteiger partial charge in [-0.05, 0) is 80.9 Å². The first-order chi connectivity index (χ1) is 15.9. The zero-order valence-corrected chi connectivity index (χ0v) is 21.4. The standard InChI is InChI=1S/C23H37FO.C7H7F/c1-5-9-11-14-19(13-7-3)23(8-4)18-20(23)15-12-17-22(25)21(24)16-10-6-2;1-6-4-2-3-5-7(6)8/h7,9,11,13-14,20-21H,5-6,8,10,12,15-18H2,1-4H3;2-5H,1H3/b11-9+,13-7-,19-14+;.